The first kappa shape index (κ1) is 9.21. The van der Waals surface area contributed by atoms with E-state index in [1.165, 1.54) is 5.57 Å². The van der Waals surface area contributed by atoms with Crippen molar-refractivity contribution in [2.75, 3.05) is 0 Å². The van der Waals surface area contributed by atoms with Crippen molar-refractivity contribution in [3.05, 3.63) is 12.2 Å². The Kier molecular flexibility index (Phi) is 4.63. The molecular formula is C8H15NO. The SMILES string of the molecule is C=C(C)CCC(C)NC=O. The molecule has 0 aliphatic carbocycles. The van der Waals surface area contributed by atoms with E-state index in [1.54, 1.807) is 0 Å². The van der Waals surface area contributed by atoms with E-state index in [1.807, 2.05) is 13.8 Å². The molecule has 1 amide bonds. The number of allylic oxidation sites excluding steroid dienone is 1. The highest BCUT2D eigenvalue weighted by atomic mass is 16.1. The van der Waals surface area contributed by atoms with Crippen LogP contribution in [0.2, 0.25) is 0 Å². The van der Waals surface area contributed by atoms with Gasteiger partial charge in [-0.3, -0.25) is 4.79 Å². The summed E-state index contributed by atoms with van der Waals surface area (Å²) in [6.45, 7) is 7.75. The Bertz CT molecular complexity index is 120. The van der Waals surface area contributed by atoms with Gasteiger partial charge in [-0.1, -0.05) is 5.57 Å². The lowest BCUT2D eigenvalue weighted by atomic mass is 10.1. The Hall–Kier alpha value is -0.790. The molecule has 0 saturated heterocycles. The lowest BCUT2D eigenvalue weighted by molar-refractivity contribution is -0.110. The van der Waals surface area contributed by atoms with Crippen molar-refractivity contribution in [2.24, 2.45) is 0 Å². The molecule has 0 radical (unpaired) electrons. The van der Waals surface area contributed by atoms with Crippen molar-refractivity contribution in [3.8, 4) is 0 Å². The van der Waals surface area contributed by atoms with Crippen molar-refractivity contribution in [1.82, 2.24) is 5.32 Å². The summed E-state index contributed by atoms with van der Waals surface area (Å²) in [6.07, 6.45) is 2.71. The minimum absolute atomic E-state index is 0.272. The summed E-state index contributed by atoms with van der Waals surface area (Å²) in [4.78, 5) is 9.93. The average Bonchev–Trinajstić information content (AvgIpc) is 1.85. The molecular weight excluding hydrogens is 126 g/mol. The van der Waals surface area contributed by atoms with Gasteiger partial charge in [0.25, 0.3) is 0 Å². The fourth-order valence-electron chi connectivity index (χ4n) is 0.662. The summed E-state index contributed by atoms with van der Waals surface area (Å²) in [5.74, 6) is 0. The van der Waals surface area contributed by atoms with Crippen molar-refractivity contribution in [2.45, 2.75) is 32.7 Å². The van der Waals surface area contributed by atoms with Gasteiger partial charge in [-0.25, -0.2) is 0 Å². The van der Waals surface area contributed by atoms with Gasteiger partial charge in [0, 0.05) is 6.04 Å². The van der Waals surface area contributed by atoms with E-state index in [-0.39, 0.29) is 6.04 Å². The number of carbonyl (C=O) groups excluding carboxylic acids is 1. The van der Waals surface area contributed by atoms with Gasteiger partial charge in [-0.15, -0.1) is 6.58 Å². The first-order valence-electron chi connectivity index (χ1n) is 3.51. The smallest absolute Gasteiger partial charge is 0.207 e. The third-order valence-corrected chi connectivity index (χ3v) is 1.36. The summed E-state index contributed by atoms with van der Waals surface area (Å²) in [6, 6.07) is 0.272. The summed E-state index contributed by atoms with van der Waals surface area (Å²) in [5, 5.41) is 2.68. The highest BCUT2D eigenvalue weighted by molar-refractivity contribution is 5.46. The highest BCUT2D eigenvalue weighted by Gasteiger charge is 1.97. The van der Waals surface area contributed by atoms with Crippen molar-refractivity contribution in [3.63, 3.8) is 0 Å². The maximum absolute atomic E-state index is 9.93. The van der Waals surface area contributed by atoms with Gasteiger partial charge in [0.05, 0.1) is 0 Å². The fourth-order valence-corrected chi connectivity index (χ4v) is 0.662. The molecule has 2 nitrogen and oxygen atoms in total. The van der Waals surface area contributed by atoms with Crippen LogP contribution in [0.3, 0.4) is 0 Å². The Morgan fingerprint density at radius 2 is 2.40 bits per heavy atom. The van der Waals surface area contributed by atoms with Crippen LogP contribution in [0.5, 0.6) is 0 Å². The van der Waals surface area contributed by atoms with E-state index in [0.717, 1.165) is 19.3 Å². The molecule has 0 bridgehead atoms. The molecule has 1 atom stereocenters. The van der Waals surface area contributed by atoms with Gasteiger partial charge in [0.15, 0.2) is 0 Å². The summed E-state index contributed by atoms with van der Waals surface area (Å²) in [7, 11) is 0. The molecule has 58 valence electrons. The summed E-state index contributed by atoms with van der Waals surface area (Å²) >= 11 is 0. The molecule has 0 fully saturated rings. The molecule has 1 unspecified atom stereocenters. The quantitative estimate of drug-likeness (QED) is 0.456. The molecule has 0 heterocycles. The van der Waals surface area contributed by atoms with Crippen molar-refractivity contribution >= 4 is 6.41 Å². The van der Waals surface area contributed by atoms with Crippen LogP contribution in [0, 0.1) is 0 Å². The van der Waals surface area contributed by atoms with Gasteiger partial charge in [0.1, 0.15) is 0 Å². The molecule has 0 aliphatic heterocycles. The van der Waals surface area contributed by atoms with Crippen molar-refractivity contribution in [1.29, 1.82) is 0 Å². The number of nitrogens with one attached hydrogen (secondary N) is 1. The number of amides is 1. The standard InChI is InChI=1S/C8H15NO/c1-7(2)4-5-8(3)9-6-10/h6,8H,1,4-5H2,2-3H3,(H,9,10). The molecule has 2 heteroatoms. The summed E-state index contributed by atoms with van der Waals surface area (Å²) < 4.78 is 0. The molecule has 0 aromatic carbocycles. The zero-order chi connectivity index (χ0) is 7.98. The van der Waals surface area contributed by atoms with E-state index in [0.29, 0.717) is 0 Å². The Balaban J connectivity index is 3.29. The topological polar surface area (TPSA) is 29.1 Å². The molecule has 0 rings (SSSR count). The number of hydrogen-bond acceptors (Lipinski definition) is 1. The highest BCUT2D eigenvalue weighted by Crippen LogP contribution is 2.02. The first-order chi connectivity index (χ1) is 4.66. The lowest BCUT2D eigenvalue weighted by Crippen LogP contribution is -2.23. The van der Waals surface area contributed by atoms with Crippen LogP contribution in [0.15, 0.2) is 12.2 Å². The van der Waals surface area contributed by atoms with Crippen LogP contribution in [0.1, 0.15) is 26.7 Å². The molecule has 10 heavy (non-hydrogen) atoms. The average molecular weight is 141 g/mol. The third kappa shape index (κ3) is 5.35. The predicted molar refractivity (Wildman–Crippen MR) is 42.7 cm³/mol. The van der Waals surface area contributed by atoms with E-state index in [4.69, 9.17) is 0 Å². The zero-order valence-electron chi connectivity index (χ0n) is 6.68. The van der Waals surface area contributed by atoms with Crippen LogP contribution >= 0.6 is 0 Å². The van der Waals surface area contributed by atoms with Gasteiger partial charge >= 0.3 is 0 Å². The number of rotatable bonds is 5. The van der Waals surface area contributed by atoms with Gasteiger partial charge in [-0.2, -0.15) is 0 Å². The van der Waals surface area contributed by atoms with Crippen molar-refractivity contribution < 1.29 is 4.79 Å². The van der Waals surface area contributed by atoms with E-state index in [9.17, 15) is 4.79 Å². The number of carbonyl (C=O) groups is 1. The second kappa shape index (κ2) is 5.03. The van der Waals surface area contributed by atoms with Gasteiger partial charge < -0.3 is 5.32 Å². The largest absolute Gasteiger partial charge is 0.356 e. The summed E-state index contributed by atoms with van der Waals surface area (Å²) in [5.41, 5.74) is 1.17. The van der Waals surface area contributed by atoms with Crippen LogP contribution in [-0.2, 0) is 4.79 Å². The van der Waals surface area contributed by atoms with E-state index >= 15 is 0 Å². The van der Waals surface area contributed by atoms with Crippen LogP contribution in [-0.4, -0.2) is 12.5 Å². The molecule has 0 aromatic heterocycles. The van der Waals surface area contributed by atoms with Crippen LogP contribution < -0.4 is 5.32 Å². The van der Waals surface area contributed by atoms with Crippen LogP contribution in [0.4, 0.5) is 0 Å². The van der Waals surface area contributed by atoms with Crippen LogP contribution in [0.25, 0.3) is 0 Å². The first-order valence-corrected chi connectivity index (χ1v) is 3.51. The fraction of sp³-hybridized carbons (Fsp3) is 0.625. The monoisotopic (exact) mass is 141 g/mol. The normalized spacial score (nSPS) is 12.2. The van der Waals surface area contributed by atoms with Gasteiger partial charge in [0.2, 0.25) is 6.41 Å². The second-order valence-electron chi connectivity index (χ2n) is 2.68. The Labute approximate surface area is 62.3 Å². The second-order valence-corrected chi connectivity index (χ2v) is 2.68. The zero-order valence-corrected chi connectivity index (χ0v) is 6.68. The van der Waals surface area contributed by atoms with E-state index in [2.05, 4.69) is 11.9 Å². The lowest BCUT2D eigenvalue weighted by Gasteiger charge is -2.08. The Morgan fingerprint density at radius 1 is 1.80 bits per heavy atom. The molecule has 0 aromatic rings. The van der Waals surface area contributed by atoms with E-state index < -0.39 is 0 Å². The molecule has 0 spiro atoms. The minimum atomic E-state index is 0.272. The van der Waals surface area contributed by atoms with Gasteiger partial charge in [-0.05, 0) is 26.7 Å². The molecule has 0 aliphatic rings. The third-order valence-electron chi connectivity index (χ3n) is 1.36. The predicted octanol–water partition coefficient (Wildman–Crippen LogP) is 1.48. The maximum atomic E-state index is 9.93. The molecule has 0 saturated carbocycles. The minimum Gasteiger partial charge on any atom is -0.356 e. The molecule has 1 N–H and O–H groups in total. The number of hydrogen-bond donors (Lipinski definition) is 1. The Morgan fingerprint density at radius 3 is 2.80 bits per heavy atom. The maximum Gasteiger partial charge on any atom is 0.207 e.